The Kier molecular flexibility index (Phi) is 7.91. The van der Waals surface area contributed by atoms with E-state index >= 15 is 0 Å². The molecule has 1 aromatic heterocycles. The Morgan fingerprint density at radius 1 is 1.17 bits per heavy atom. The van der Waals surface area contributed by atoms with Crippen LogP contribution in [0.5, 0.6) is 0 Å². The molecule has 0 aliphatic carbocycles. The first-order valence-corrected chi connectivity index (χ1v) is 9.87. The van der Waals surface area contributed by atoms with E-state index in [-0.39, 0.29) is 12.1 Å². The second-order valence-electron chi connectivity index (χ2n) is 5.22. The van der Waals surface area contributed by atoms with Gasteiger partial charge in [-0.05, 0) is 35.4 Å². The minimum Gasteiger partial charge on any atom is -0.325 e. The maximum atomic E-state index is 6.08. The van der Waals surface area contributed by atoms with Crippen molar-refractivity contribution in [2.45, 2.75) is 24.1 Å². The van der Waals surface area contributed by atoms with Gasteiger partial charge in [-0.15, -0.1) is 0 Å². The van der Waals surface area contributed by atoms with Crippen molar-refractivity contribution in [3.8, 4) is 0 Å². The van der Waals surface area contributed by atoms with Crippen molar-refractivity contribution in [1.82, 2.24) is 10.0 Å². The zero-order valence-electron chi connectivity index (χ0n) is 13.5. The van der Waals surface area contributed by atoms with E-state index in [0.717, 1.165) is 22.9 Å². The summed E-state index contributed by atoms with van der Waals surface area (Å²) in [5.41, 5.74) is 7.18. The molecule has 1 heterocycles. The van der Waals surface area contributed by atoms with E-state index in [9.17, 15) is 0 Å². The lowest BCUT2D eigenvalue weighted by Gasteiger charge is -2.27. The van der Waals surface area contributed by atoms with Crippen molar-refractivity contribution in [1.29, 1.82) is 0 Å². The maximum Gasteiger partial charge on any atom is 0.119 e. The van der Waals surface area contributed by atoms with Crippen molar-refractivity contribution < 1.29 is 4.84 Å². The zero-order chi connectivity index (χ0) is 16.5. The normalized spacial score (nSPS) is 13.9. The summed E-state index contributed by atoms with van der Waals surface area (Å²) in [5, 5.41) is 2.89. The molecule has 0 aliphatic heterocycles. The summed E-state index contributed by atoms with van der Waals surface area (Å²) < 4.78 is 0. The van der Waals surface area contributed by atoms with Gasteiger partial charge < -0.3 is 5.73 Å². The lowest BCUT2D eigenvalue weighted by molar-refractivity contribution is -0.185. The van der Waals surface area contributed by atoms with Gasteiger partial charge in [0.15, 0.2) is 0 Å². The van der Waals surface area contributed by atoms with Gasteiger partial charge in [0.05, 0.1) is 0 Å². The third-order valence-corrected chi connectivity index (χ3v) is 5.42. The predicted molar refractivity (Wildman–Crippen MR) is 99.1 cm³/mol. The van der Waals surface area contributed by atoms with Crippen molar-refractivity contribution in [2.24, 2.45) is 5.73 Å². The Morgan fingerprint density at radius 3 is 2.57 bits per heavy atom. The van der Waals surface area contributed by atoms with E-state index in [1.807, 2.05) is 73.8 Å². The average molecular weight is 350 g/mol. The van der Waals surface area contributed by atoms with Crippen molar-refractivity contribution in [3.05, 3.63) is 60.3 Å². The molecule has 0 unspecified atom stereocenters. The minimum absolute atomic E-state index is 0.0737. The number of aromatic nitrogens is 1. The van der Waals surface area contributed by atoms with Gasteiger partial charge >= 0.3 is 0 Å². The quantitative estimate of drug-likeness (QED) is 0.422. The number of nitrogens with zero attached hydrogens (tertiary/aromatic N) is 2. The van der Waals surface area contributed by atoms with Gasteiger partial charge in [0, 0.05) is 31.6 Å². The van der Waals surface area contributed by atoms with E-state index < -0.39 is 0 Å². The van der Waals surface area contributed by atoms with Crippen molar-refractivity contribution in [2.75, 3.05) is 19.3 Å². The molecule has 2 N–H and O–H groups in total. The number of hydroxylamine groups is 2. The van der Waals surface area contributed by atoms with Crippen LogP contribution >= 0.6 is 21.6 Å². The summed E-state index contributed by atoms with van der Waals surface area (Å²) in [6.07, 6.45) is 1.68. The molecule has 2 aromatic rings. The molecule has 2 atom stereocenters. The number of benzene rings is 1. The fourth-order valence-electron chi connectivity index (χ4n) is 2.01. The standard InChI is InChI=1S/C17H23N3OS2/c1-14(18)17(15-8-4-3-5-9-15)21-20(2)12-13-22-23-16-10-6-7-11-19-16/h3-11,14,17H,12-13,18H2,1-2H3/t14-,17+/m1/s1. The second kappa shape index (κ2) is 9.95. The molecule has 0 fully saturated rings. The Labute approximate surface area is 146 Å². The molecule has 0 saturated heterocycles. The summed E-state index contributed by atoms with van der Waals surface area (Å²) in [6, 6.07) is 16.0. The molecule has 124 valence electrons. The Bertz CT molecular complexity index is 554. The van der Waals surface area contributed by atoms with Gasteiger partial charge in [0.25, 0.3) is 0 Å². The number of hydrogen-bond donors (Lipinski definition) is 1. The highest BCUT2D eigenvalue weighted by molar-refractivity contribution is 8.76. The van der Waals surface area contributed by atoms with E-state index in [4.69, 9.17) is 10.6 Å². The Balaban J connectivity index is 1.75. The molecule has 23 heavy (non-hydrogen) atoms. The Morgan fingerprint density at radius 2 is 1.91 bits per heavy atom. The topological polar surface area (TPSA) is 51.4 Å². The number of rotatable bonds is 9. The summed E-state index contributed by atoms with van der Waals surface area (Å²) in [6.45, 7) is 2.79. The number of nitrogens with two attached hydrogens (primary N) is 1. The lowest BCUT2D eigenvalue weighted by atomic mass is 10.0. The first-order valence-electron chi connectivity index (χ1n) is 7.56. The van der Waals surface area contributed by atoms with Crippen LogP contribution in [-0.2, 0) is 4.84 Å². The van der Waals surface area contributed by atoms with E-state index in [1.54, 1.807) is 21.6 Å². The van der Waals surface area contributed by atoms with Gasteiger partial charge in [-0.2, -0.15) is 5.06 Å². The highest BCUT2D eigenvalue weighted by Crippen LogP contribution is 2.29. The molecule has 2 rings (SSSR count). The molecule has 1 aromatic carbocycles. The van der Waals surface area contributed by atoms with Crippen LogP contribution in [0.15, 0.2) is 59.8 Å². The molecule has 0 saturated carbocycles. The monoisotopic (exact) mass is 349 g/mol. The third kappa shape index (κ3) is 6.53. The van der Waals surface area contributed by atoms with Crippen LogP contribution in [0.3, 0.4) is 0 Å². The van der Waals surface area contributed by atoms with E-state index in [1.165, 1.54) is 0 Å². The second-order valence-corrected chi connectivity index (χ2v) is 7.66. The van der Waals surface area contributed by atoms with Gasteiger partial charge in [0.2, 0.25) is 0 Å². The Hall–Kier alpha value is -1.05. The van der Waals surface area contributed by atoms with Crippen LogP contribution in [0.1, 0.15) is 18.6 Å². The van der Waals surface area contributed by atoms with Crippen LogP contribution in [0.2, 0.25) is 0 Å². The average Bonchev–Trinajstić information content (AvgIpc) is 2.58. The first kappa shape index (κ1) is 18.3. The predicted octanol–water partition coefficient (Wildman–Crippen LogP) is 3.77. The van der Waals surface area contributed by atoms with Gasteiger partial charge in [-0.3, -0.25) is 4.84 Å². The molecular weight excluding hydrogens is 326 g/mol. The third-order valence-electron chi connectivity index (χ3n) is 3.17. The van der Waals surface area contributed by atoms with Crippen LogP contribution in [0, 0.1) is 0 Å². The lowest BCUT2D eigenvalue weighted by Crippen LogP contribution is -2.33. The fourth-order valence-corrected chi connectivity index (χ4v) is 3.92. The fraction of sp³-hybridized carbons (Fsp3) is 0.353. The largest absolute Gasteiger partial charge is 0.325 e. The van der Waals surface area contributed by atoms with Crippen LogP contribution in [0.4, 0.5) is 0 Å². The highest BCUT2D eigenvalue weighted by Gasteiger charge is 2.19. The maximum absolute atomic E-state index is 6.08. The molecule has 0 bridgehead atoms. The molecule has 0 amide bonds. The minimum atomic E-state index is -0.130. The van der Waals surface area contributed by atoms with Gasteiger partial charge in [-0.1, -0.05) is 47.2 Å². The van der Waals surface area contributed by atoms with Crippen LogP contribution in [0.25, 0.3) is 0 Å². The van der Waals surface area contributed by atoms with Crippen molar-refractivity contribution in [3.63, 3.8) is 0 Å². The highest BCUT2D eigenvalue weighted by atomic mass is 33.1. The van der Waals surface area contributed by atoms with Gasteiger partial charge in [0.1, 0.15) is 11.1 Å². The SMILES string of the molecule is C[C@@H](N)[C@H](ON(C)CCSSc1ccccn1)c1ccccc1. The van der Waals surface area contributed by atoms with Gasteiger partial charge in [-0.25, -0.2) is 4.98 Å². The summed E-state index contributed by atoms with van der Waals surface area (Å²) in [7, 11) is 5.40. The molecule has 0 spiro atoms. The van der Waals surface area contributed by atoms with Crippen LogP contribution < -0.4 is 5.73 Å². The first-order chi connectivity index (χ1) is 11.2. The molecular formula is C17H23N3OS2. The summed E-state index contributed by atoms with van der Waals surface area (Å²) in [4.78, 5) is 10.3. The van der Waals surface area contributed by atoms with Crippen molar-refractivity contribution >= 4 is 21.6 Å². The van der Waals surface area contributed by atoms with E-state index in [0.29, 0.717) is 0 Å². The molecule has 6 heteroatoms. The van der Waals surface area contributed by atoms with Crippen LogP contribution in [-0.4, -0.2) is 35.4 Å². The molecule has 0 aliphatic rings. The molecule has 4 nitrogen and oxygen atoms in total. The van der Waals surface area contributed by atoms with E-state index in [2.05, 4.69) is 4.98 Å². The molecule has 0 radical (unpaired) electrons. The zero-order valence-corrected chi connectivity index (χ0v) is 15.1. The summed E-state index contributed by atoms with van der Waals surface area (Å²) >= 11 is 0. The smallest absolute Gasteiger partial charge is 0.119 e. The number of hydrogen-bond acceptors (Lipinski definition) is 6. The number of pyridine rings is 1. The summed E-state index contributed by atoms with van der Waals surface area (Å²) in [5.74, 6) is 0.943.